The normalized spacial score (nSPS) is 33.7. The highest BCUT2D eigenvalue weighted by atomic mass is 15.2. The molecule has 2 unspecified atom stereocenters. The van der Waals surface area contributed by atoms with Gasteiger partial charge in [0.25, 0.3) is 0 Å². The van der Waals surface area contributed by atoms with Crippen LogP contribution in [0, 0.1) is 17.8 Å². The number of anilines is 1. The van der Waals surface area contributed by atoms with Gasteiger partial charge in [-0.05, 0) is 67.9 Å². The van der Waals surface area contributed by atoms with Crippen LogP contribution in [0.4, 0.5) is 5.69 Å². The second-order valence-electron chi connectivity index (χ2n) is 9.21. The molecule has 2 nitrogen and oxygen atoms in total. The van der Waals surface area contributed by atoms with E-state index in [2.05, 4.69) is 54.8 Å². The molecule has 0 bridgehead atoms. The third kappa shape index (κ3) is 3.47. The molecule has 138 valence electrons. The summed E-state index contributed by atoms with van der Waals surface area (Å²) in [5.41, 5.74) is 3.08. The van der Waals surface area contributed by atoms with Gasteiger partial charge in [0.1, 0.15) is 0 Å². The topological polar surface area (TPSA) is 6.48 Å². The van der Waals surface area contributed by atoms with Crippen LogP contribution >= 0.6 is 0 Å². The van der Waals surface area contributed by atoms with Crippen molar-refractivity contribution in [2.24, 2.45) is 17.8 Å². The van der Waals surface area contributed by atoms with Crippen molar-refractivity contribution in [3.05, 3.63) is 29.8 Å². The minimum Gasteiger partial charge on any atom is -0.368 e. The molecule has 1 saturated carbocycles. The highest BCUT2D eigenvalue weighted by molar-refractivity contribution is 5.58. The first-order chi connectivity index (χ1) is 12.1. The number of hydrogen-bond donors (Lipinski definition) is 0. The number of rotatable bonds is 3. The Kier molecular flexibility index (Phi) is 5.08. The predicted molar refractivity (Wildman–Crippen MR) is 107 cm³/mol. The maximum Gasteiger partial charge on any atom is 0.0402 e. The second-order valence-corrected chi connectivity index (χ2v) is 9.21. The van der Waals surface area contributed by atoms with Gasteiger partial charge in [-0.25, -0.2) is 0 Å². The number of fused-ring (bicyclic) bond motifs is 1. The van der Waals surface area contributed by atoms with Crippen molar-refractivity contribution in [2.45, 2.75) is 71.4 Å². The molecule has 0 aromatic heterocycles. The van der Waals surface area contributed by atoms with E-state index in [0.717, 1.165) is 29.8 Å². The minimum atomic E-state index is 0.743. The smallest absolute Gasteiger partial charge is 0.0402 e. The zero-order chi connectivity index (χ0) is 17.4. The molecule has 4 rings (SSSR count). The number of para-hydroxylation sites is 1. The van der Waals surface area contributed by atoms with Crippen molar-refractivity contribution in [1.29, 1.82) is 0 Å². The van der Waals surface area contributed by atoms with Crippen molar-refractivity contribution >= 4 is 5.69 Å². The number of nitrogens with zero attached hydrogens (tertiary/aromatic N) is 2. The Bertz CT molecular complexity index is 573. The van der Waals surface area contributed by atoms with E-state index in [4.69, 9.17) is 0 Å². The van der Waals surface area contributed by atoms with E-state index in [1.165, 1.54) is 63.8 Å². The lowest BCUT2D eigenvalue weighted by molar-refractivity contribution is 0.0743. The molecule has 1 aromatic rings. The monoisotopic (exact) mass is 340 g/mol. The molecule has 0 radical (unpaired) electrons. The van der Waals surface area contributed by atoms with Crippen LogP contribution in [0.15, 0.2) is 24.3 Å². The van der Waals surface area contributed by atoms with Gasteiger partial charge in [-0.3, -0.25) is 4.90 Å². The predicted octanol–water partition coefficient (Wildman–Crippen LogP) is 4.97. The molecule has 2 atom stereocenters. The van der Waals surface area contributed by atoms with Gasteiger partial charge in [0, 0.05) is 37.4 Å². The van der Waals surface area contributed by atoms with E-state index in [1.807, 2.05) is 0 Å². The second kappa shape index (κ2) is 7.31. The fourth-order valence-corrected chi connectivity index (χ4v) is 5.80. The van der Waals surface area contributed by atoms with Crippen LogP contribution in [-0.4, -0.2) is 36.6 Å². The third-order valence-electron chi connectivity index (χ3n) is 7.42. The molecule has 25 heavy (non-hydrogen) atoms. The molecule has 0 N–H and O–H groups in total. The standard InChI is InChI=1S/C23H36N2/c1-17(2)19-8-10-21(11-9-19)24-14-13-22(18(3)16-24)25-15-12-20-6-4-5-7-23(20)25/h4-7,17-19,21-22H,8-16H2,1-3H3. The first-order valence-corrected chi connectivity index (χ1v) is 10.7. The van der Waals surface area contributed by atoms with E-state index < -0.39 is 0 Å². The van der Waals surface area contributed by atoms with Gasteiger partial charge in [-0.1, -0.05) is 39.0 Å². The Morgan fingerprint density at radius 1 is 0.960 bits per heavy atom. The van der Waals surface area contributed by atoms with Crippen molar-refractivity contribution in [3.63, 3.8) is 0 Å². The van der Waals surface area contributed by atoms with Crippen LogP contribution in [0.2, 0.25) is 0 Å². The summed E-state index contributed by atoms with van der Waals surface area (Å²) in [6.07, 6.45) is 8.37. The first kappa shape index (κ1) is 17.4. The Balaban J connectivity index is 1.36. The molecule has 2 heteroatoms. The fourth-order valence-electron chi connectivity index (χ4n) is 5.80. The van der Waals surface area contributed by atoms with Crippen LogP contribution < -0.4 is 4.90 Å². The number of benzene rings is 1. The molecule has 2 heterocycles. The average molecular weight is 341 g/mol. The van der Waals surface area contributed by atoms with Gasteiger partial charge in [-0.2, -0.15) is 0 Å². The van der Waals surface area contributed by atoms with E-state index in [0.29, 0.717) is 0 Å². The third-order valence-corrected chi connectivity index (χ3v) is 7.42. The molecule has 1 aromatic carbocycles. The van der Waals surface area contributed by atoms with E-state index in [1.54, 1.807) is 5.56 Å². The maximum absolute atomic E-state index is 2.85. The molecule has 0 spiro atoms. The molecule has 2 fully saturated rings. The van der Waals surface area contributed by atoms with Gasteiger partial charge in [-0.15, -0.1) is 0 Å². The lowest BCUT2D eigenvalue weighted by Crippen LogP contribution is -2.53. The first-order valence-electron chi connectivity index (χ1n) is 10.7. The summed E-state index contributed by atoms with van der Waals surface area (Å²) in [5, 5.41) is 0. The van der Waals surface area contributed by atoms with Crippen molar-refractivity contribution < 1.29 is 0 Å². The van der Waals surface area contributed by atoms with Gasteiger partial charge in [0.2, 0.25) is 0 Å². The van der Waals surface area contributed by atoms with Crippen LogP contribution in [0.25, 0.3) is 0 Å². The fraction of sp³-hybridized carbons (Fsp3) is 0.739. The summed E-state index contributed by atoms with van der Waals surface area (Å²) < 4.78 is 0. The van der Waals surface area contributed by atoms with Crippen molar-refractivity contribution in [1.82, 2.24) is 4.90 Å². The summed E-state index contributed by atoms with van der Waals surface area (Å²) in [4.78, 5) is 5.58. The van der Waals surface area contributed by atoms with Gasteiger partial charge in [0.05, 0.1) is 0 Å². The summed E-state index contributed by atoms with van der Waals surface area (Å²) in [6, 6.07) is 10.7. The minimum absolute atomic E-state index is 0.743. The molecule has 3 aliphatic rings. The van der Waals surface area contributed by atoms with Crippen molar-refractivity contribution in [2.75, 3.05) is 24.5 Å². The zero-order valence-corrected chi connectivity index (χ0v) is 16.5. The molecule has 1 aliphatic carbocycles. The Morgan fingerprint density at radius 3 is 2.44 bits per heavy atom. The lowest BCUT2D eigenvalue weighted by Gasteiger charge is -2.46. The lowest BCUT2D eigenvalue weighted by atomic mass is 9.78. The summed E-state index contributed by atoms with van der Waals surface area (Å²) in [5.74, 6) is 2.64. The van der Waals surface area contributed by atoms with E-state index in [9.17, 15) is 0 Å². The Morgan fingerprint density at radius 2 is 1.72 bits per heavy atom. The van der Waals surface area contributed by atoms with Crippen LogP contribution in [0.1, 0.15) is 58.4 Å². The highest BCUT2D eigenvalue weighted by Gasteiger charge is 2.36. The van der Waals surface area contributed by atoms with Crippen LogP contribution in [0.3, 0.4) is 0 Å². The van der Waals surface area contributed by atoms with Crippen molar-refractivity contribution in [3.8, 4) is 0 Å². The summed E-state index contributed by atoms with van der Waals surface area (Å²) in [6.45, 7) is 11.2. The van der Waals surface area contributed by atoms with Gasteiger partial charge in [0.15, 0.2) is 0 Å². The highest BCUT2D eigenvalue weighted by Crippen LogP contribution is 2.37. The average Bonchev–Trinajstić information content (AvgIpc) is 3.05. The maximum atomic E-state index is 2.85. The quantitative estimate of drug-likeness (QED) is 0.766. The number of hydrogen-bond acceptors (Lipinski definition) is 2. The molecule has 1 saturated heterocycles. The Hall–Kier alpha value is -1.02. The molecule has 0 amide bonds. The van der Waals surface area contributed by atoms with Crippen LogP contribution in [-0.2, 0) is 6.42 Å². The molecular weight excluding hydrogens is 304 g/mol. The Labute approximate surface area is 154 Å². The largest absolute Gasteiger partial charge is 0.368 e. The van der Waals surface area contributed by atoms with Gasteiger partial charge >= 0.3 is 0 Å². The van der Waals surface area contributed by atoms with E-state index >= 15 is 0 Å². The molecule has 2 aliphatic heterocycles. The summed E-state index contributed by atoms with van der Waals surface area (Å²) in [7, 11) is 0. The summed E-state index contributed by atoms with van der Waals surface area (Å²) >= 11 is 0. The number of likely N-dealkylation sites (tertiary alicyclic amines) is 1. The van der Waals surface area contributed by atoms with Gasteiger partial charge < -0.3 is 4.90 Å². The zero-order valence-electron chi connectivity index (χ0n) is 16.5. The van der Waals surface area contributed by atoms with E-state index in [-0.39, 0.29) is 0 Å². The number of piperidine rings is 1. The SMILES string of the molecule is CC(C)C1CCC(N2CCC(N3CCc4ccccc43)C(C)C2)CC1. The molecular formula is C23H36N2. The van der Waals surface area contributed by atoms with Crippen LogP contribution in [0.5, 0.6) is 0 Å².